The number of amides is 3. The number of rotatable bonds is 11. The van der Waals surface area contributed by atoms with Crippen LogP contribution in [0.4, 0.5) is 4.79 Å². The maximum Gasteiger partial charge on any atom is 0.408 e. The Labute approximate surface area is 218 Å². The number of hydrogen-bond acceptors (Lipinski definition) is 6. The normalized spacial score (nSPS) is 12.7. The van der Waals surface area contributed by atoms with Crippen LogP contribution in [0, 0.1) is 5.92 Å². The maximum atomic E-state index is 13.2. The van der Waals surface area contributed by atoms with Crippen molar-refractivity contribution in [2.75, 3.05) is 6.54 Å². The van der Waals surface area contributed by atoms with Gasteiger partial charge in [-0.05, 0) is 37.8 Å². The third-order valence-corrected chi connectivity index (χ3v) is 5.19. The van der Waals surface area contributed by atoms with Crippen molar-refractivity contribution in [3.8, 4) is 0 Å². The Morgan fingerprint density at radius 3 is 1.92 bits per heavy atom. The van der Waals surface area contributed by atoms with E-state index in [-0.39, 0.29) is 25.5 Å². The molecule has 37 heavy (non-hydrogen) atoms. The van der Waals surface area contributed by atoms with Gasteiger partial charge in [0.25, 0.3) is 0 Å². The van der Waals surface area contributed by atoms with Gasteiger partial charge < -0.3 is 25.4 Å². The first-order valence-corrected chi connectivity index (χ1v) is 12.3. The number of alkyl carbamates (subject to hydrolysis) is 1. The van der Waals surface area contributed by atoms with Crippen LogP contribution >= 0.6 is 0 Å². The molecule has 0 radical (unpaired) electrons. The molecule has 3 N–H and O–H groups in total. The van der Waals surface area contributed by atoms with Gasteiger partial charge in [0.1, 0.15) is 30.8 Å². The number of hydrogen-bond donors (Lipinski definition) is 3. The van der Waals surface area contributed by atoms with Crippen molar-refractivity contribution >= 4 is 23.9 Å². The number of ether oxygens (including phenoxy) is 2. The van der Waals surface area contributed by atoms with E-state index < -0.39 is 41.6 Å². The van der Waals surface area contributed by atoms with Gasteiger partial charge in [-0.25, -0.2) is 4.79 Å². The summed E-state index contributed by atoms with van der Waals surface area (Å²) in [7, 11) is 0. The minimum Gasteiger partial charge on any atom is -0.460 e. The van der Waals surface area contributed by atoms with Crippen molar-refractivity contribution < 1.29 is 28.7 Å². The van der Waals surface area contributed by atoms with Crippen LogP contribution in [0.3, 0.4) is 0 Å². The Hall–Kier alpha value is -3.88. The lowest BCUT2D eigenvalue weighted by Crippen LogP contribution is -2.56. The number of nitrogens with one attached hydrogen (secondary N) is 3. The zero-order valence-corrected chi connectivity index (χ0v) is 22.1. The lowest BCUT2D eigenvalue weighted by Gasteiger charge is -2.26. The third-order valence-electron chi connectivity index (χ3n) is 5.19. The van der Waals surface area contributed by atoms with E-state index in [1.54, 1.807) is 34.6 Å². The van der Waals surface area contributed by atoms with Crippen molar-refractivity contribution in [2.45, 2.75) is 65.3 Å². The summed E-state index contributed by atoms with van der Waals surface area (Å²) in [6.07, 6.45) is -0.542. The van der Waals surface area contributed by atoms with Gasteiger partial charge in [-0.1, -0.05) is 74.5 Å². The van der Waals surface area contributed by atoms with Gasteiger partial charge in [-0.3, -0.25) is 14.4 Å². The summed E-state index contributed by atoms with van der Waals surface area (Å²) in [4.78, 5) is 50.6. The molecule has 0 aliphatic rings. The van der Waals surface area contributed by atoms with Gasteiger partial charge >= 0.3 is 12.1 Å². The highest BCUT2D eigenvalue weighted by atomic mass is 16.6. The van der Waals surface area contributed by atoms with Gasteiger partial charge in [-0.15, -0.1) is 0 Å². The van der Waals surface area contributed by atoms with E-state index >= 15 is 0 Å². The summed E-state index contributed by atoms with van der Waals surface area (Å²) >= 11 is 0. The second-order valence-electron chi connectivity index (χ2n) is 9.98. The quantitative estimate of drug-likeness (QED) is 0.399. The maximum absolute atomic E-state index is 13.2. The molecule has 0 spiro atoms. The molecule has 2 atom stereocenters. The summed E-state index contributed by atoms with van der Waals surface area (Å²) in [5.74, 6) is -1.96. The van der Waals surface area contributed by atoms with Crippen LogP contribution in [0.2, 0.25) is 0 Å². The van der Waals surface area contributed by atoms with E-state index in [9.17, 15) is 19.2 Å². The van der Waals surface area contributed by atoms with Crippen LogP contribution in [0.15, 0.2) is 60.7 Å². The number of benzene rings is 2. The Balaban J connectivity index is 2.00. The van der Waals surface area contributed by atoms with Gasteiger partial charge in [0, 0.05) is 6.42 Å². The molecule has 0 bridgehead atoms. The number of esters is 1. The fraction of sp³-hybridized carbons (Fsp3) is 0.429. The highest BCUT2D eigenvalue weighted by Gasteiger charge is 2.30. The molecule has 200 valence electrons. The van der Waals surface area contributed by atoms with Gasteiger partial charge in [-0.2, -0.15) is 0 Å². The summed E-state index contributed by atoms with van der Waals surface area (Å²) in [5.41, 5.74) is 0.912. The molecule has 9 nitrogen and oxygen atoms in total. The summed E-state index contributed by atoms with van der Waals surface area (Å²) in [6.45, 7) is 8.47. The minimum absolute atomic E-state index is 0.0946. The number of carbonyl (C=O) groups is 4. The van der Waals surface area contributed by atoms with E-state index in [1.807, 2.05) is 60.7 Å². The Bertz CT molecular complexity index is 1030. The molecule has 0 saturated heterocycles. The monoisotopic (exact) mass is 511 g/mol. The molecular weight excluding hydrogens is 474 g/mol. The van der Waals surface area contributed by atoms with E-state index in [4.69, 9.17) is 9.47 Å². The van der Waals surface area contributed by atoms with Crippen molar-refractivity contribution in [2.24, 2.45) is 5.92 Å². The first kappa shape index (κ1) is 29.4. The Kier molecular flexibility index (Phi) is 11.1. The van der Waals surface area contributed by atoms with Crippen molar-refractivity contribution in [3.63, 3.8) is 0 Å². The Morgan fingerprint density at radius 2 is 1.38 bits per heavy atom. The molecule has 0 fully saturated rings. The summed E-state index contributed by atoms with van der Waals surface area (Å²) in [6, 6.07) is 16.5. The fourth-order valence-electron chi connectivity index (χ4n) is 3.36. The molecule has 2 aromatic carbocycles. The molecule has 0 saturated carbocycles. The van der Waals surface area contributed by atoms with Crippen LogP contribution in [0.5, 0.6) is 0 Å². The standard InChI is InChI=1S/C28H37N3O6/c1-19(2)24(26(34)29-17-23(32)36-18-21-14-10-7-11-15-21)31-25(33)22(16-20-12-8-6-9-13-20)30-27(35)37-28(3,4)5/h6-15,19,22,24H,16-18H2,1-5H3,(H,29,34)(H,30,35)(H,31,33)/t22-,24-/m0/s1. The predicted octanol–water partition coefficient (Wildman–Crippen LogP) is 3.12. The van der Waals surface area contributed by atoms with Crippen LogP contribution in [0.1, 0.15) is 45.7 Å². The molecule has 0 aromatic heterocycles. The van der Waals surface area contributed by atoms with E-state index in [1.165, 1.54) is 0 Å². The smallest absolute Gasteiger partial charge is 0.408 e. The first-order chi connectivity index (χ1) is 17.4. The fourth-order valence-corrected chi connectivity index (χ4v) is 3.36. The second-order valence-corrected chi connectivity index (χ2v) is 9.98. The molecule has 3 amide bonds. The molecule has 2 aromatic rings. The van der Waals surface area contributed by atoms with Gasteiger partial charge in [0.05, 0.1) is 0 Å². The molecule has 0 unspecified atom stereocenters. The zero-order valence-electron chi connectivity index (χ0n) is 22.1. The van der Waals surface area contributed by atoms with Crippen LogP contribution < -0.4 is 16.0 Å². The Morgan fingerprint density at radius 1 is 0.811 bits per heavy atom. The van der Waals surface area contributed by atoms with Crippen molar-refractivity contribution in [1.29, 1.82) is 0 Å². The largest absolute Gasteiger partial charge is 0.460 e. The van der Waals surface area contributed by atoms with Gasteiger partial charge in [0.15, 0.2) is 0 Å². The molecular formula is C28H37N3O6. The topological polar surface area (TPSA) is 123 Å². The summed E-state index contributed by atoms with van der Waals surface area (Å²) in [5, 5.41) is 7.85. The molecule has 0 aliphatic heterocycles. The SMILES string of the molecule is CC(C)[C@H](NC(=O)[C@H](Cc1ccccc1)NC(=O)OC(C)(C)C)C(=O)NCC(=O)OCc1ccccc1. The highest BCUT2D eigenvalue weighted by Crippen LogP contribution is 2.10. The average molecular weight is 512 g/mol. The lowest BCUT2D eigenvalue weighted by molar-refractivity contribution is -0.145. The van der Waals surface area contributed by atoms with Crippen molar-refractivity contribution in [3.05, 3.63) is 71.8 Å². The van der Waals surface area contributed by atoms with Gasteiger partial charge in [0.2, 0.25) is 11.8 Å². The highest BCUT2D eigenvalue weighted by molar-refractivity contribution is 5.92. The molecule has 0 aliphatic carbocycles. The van der Waals surface area contributed by atoms with E-state index in [0.29, 0.717) is 0 Å². The number of carbonyl (C=O) groups excluding carboxylic acids is 4. The molecule has 9 heteroatoms. The van der Waals surface area contributed by atoms with E-state index in [0.717, 1.165) is 11.1 Å². The minimum atomic E-state index is -0.984. The zero-order chi connectivity index (χ0) is 27.4. The van der Waals surface area contributed by atoms with E-state index in [2.05, 4.69) is 16.0 Å². The lowest BCUT2D eigenvalue weighted by atomic mass is 10.0. The van der Waals surface area contributed by atoms with Crippen molar-refractivity contribution in [1.82, 2.24) is 16.0 Å². The average Bonchev–Trinajstić information content (AvgIpc) is 2.84. The first-order valence-electron chi connectivity index (χ1n) is 12.3. The van der Waals surface area contributed by atoms with Crippen LogP contribution in [-0.2, 0) is 36.9 Å². The van der Waals surface area contributed by atoms with Crippen LogP contribution in [0.25, 0.3) is 0 Å². The predicted molar refractivity (Wildman–Crippen MR) is 139 cm³/mol. The third kappa shape index (κ3) is 11.2. The molecule has 2 rings (SSSR count). The second kappa shape index (κ2) is 14.0. The summed E-state index contributed by atoms with van der Waals surface area (Å²) < 4.78 is 10.5. The molecule has 0 heterocycles. The van der Waals surface area contributed by atoms with Crippen LogP contribution in [-0.4, -0.2) is 48.1 Å².